The standard InChI is InChI=1S/C24H18N6O4S/c25-23-21-19(13-27-24(21)29-14-28-23)22(31)15-5-3-6-16(11-15)30-35(32,33)18-8-4-7-17(12-18)34-20-9-1-2-10-26-20/h1-14,30H,(H3,25,27,28,29). The first-order valence-electron chi connectivity index (χ1n) is 10.3. The van der Waals surface area contributed by atoms with Gasteiger partial charge in [0.25, 0.3) is 10.0 Å². The number of hydrogen-bond donors (Lipinski definition) is 3. The number of nitrogen functional groups attached to an aromatic ring is 1. The summed E-state index contributed by atoms with van der Waals surface area (Å²) >= 11 is 0. The number of fused-ring (bicyclic) bond motifs is 1. The first-order chi connectivity index (χ1) is 16.9. The Morgan fingerprint density at radius 1 is 0.971 bits per heavy atom. The second-order valence-corrected chi connectivity index (χ2v) is 9.13. The molecule has 0 fully saturated rings. The third-order valence-corrected chi connectivity index (χ3v) is 6.48. The summed E-state index contributed by atoms with van der Waals surface area (Å²) in [6.45, 7) is 0. The fourth-order valence-corrected chi connectivity index (χ4v) is 4.58. The SMILES string of the molecule is Nc1ncnc2[nH]cc(C(=O)c3cccc(NS(=O)(=O)c4cccc(Oc5ccccn5)c4)c3)c12. The highest BCUT2D eigenvalue weighted by Crippen LogP contribution is 2.26. The average molecular weight is 487 g/mol. The number of nitrogens with zero attached hydrogens (tertiary/aromatic N) is 3. The molecule has 0 amide bonds. The number of nitrogens with two attached hydrogens (primary N) is 1. The average Bonchev–Trinajstić information content (AvgIpc) is 3.30. The van der Waals surface area contributed by atoms with Gasteiger partial charge in [-0.1, -0.05) is 24.3 Å². The fourth-order valence-electron chi connectivity index (χ4n) is 3.49. The topological polar surface area (TPSA) is 153 Å². The Hall–Kier alpha value is -4.77. The third-order valence-electron chi connectivity index (χ3n) is 5.10. The summed E-state index contributed by atoms with van der Waals surface area (Å²) in [6.07, 6.45) is 4.37. The number of aromatic amines is 1. The highest BCUT2D eigenvalue weighted by molar-refractivity contribution is 7.92. The van der Waals surface area contributed by atoms with E-state index >= 15 is 0 Å². The van der Waals surface area contributed by atoms with E-state index in [1.165, 1.54) is 30.7 Å². The first kappa shape index (κ1) is 22.0. The largest absolute Gasteiger partial charge is 0.439 e. The van der Waals surface area contributed by atoms with Crippen LogP contribution in [0.15, 0.2) is 90.3 Å². The van der Waals surface area contributed by atoms with Gasteiger partial charge >= 0.3 is 0 Å². The number of rotatable bonds is 7. The van der Waals surface area contributed by atoms with Gasteiger partial charge in [-0.25, -0.2) is 23.4 Å². The van der Waals surface area contributed by atoms with E-state index in [-0.39, 0.29) is 33.3 Å². The van der Waals surface area contributed by atoms with E-state index in [2.05, 4.69) is 24.7 Å². The van der Waals surface area contributed by atoms with Gasteiger partial charge in [0.2, 0.25) is 5.88 Å². The third kappa shape index (κ3) is 4.52. The zero-order chi connectivity index (χ0) is 24.4. The van der Waals surface area contributed by atoms with Crippen molar-refractivity contribution in [1.29, 1.82) is 0 Å². The minimum Gasteiger partial charge on any atom is -0.439 e. The summed E-state index contributed by atoms with van der Waals surface area (Å²) in [5, 5.41) is 0.410. The quantitative estimate of drug-likeness (QED) is 0.294. The monoisotopic (exact) mass is 486 g/mol. The highest BCUT2D eigenvalue weighted by atomic mass is 32.2. The molecular weight excluding hydrogens is 468 g/mol. The predicted molar refractivity (Wildman–Crippen MR) is 130 cm³/mol. The van der Waals surface area contributed by atoms with Gasteiger partial charge in [-0.3, -0.25) is 9.52 Å². The van der Waals surface area contributed by atoms with Crippen molar-refractivity contribution in [2.24, 2.45) is 0 Å². The summed E-state index contributed by atoms with van der Waals surface area (Å²) in [5.41, 5.74) is 7.14. The van der Waals surface area contributed by atoms with Crippen molar-refractivity contribution < 1.29 is 17.9 Å². The summed E-state index contributed by atoms with van der Waals surface area (Å²) in [4.78, 5) is 28.1. The van der Waals surface area contributed by atoms with Crippen LogP contribution in [0.2, 0.25) is 0 Å². The Balaban J connectivity index is 1.40. The van der Waals surface area contributed by atoms with Crippen molar-refractivity contribution in [3.8, 4) is 11.6 Å². The van der Waals surface area contributed by atoms with Gasteiger partial charge in [-0.05, 0) is 30.3 Å². The van der Waals surface area contributed by atoms with Crippen molar-refractivity contribution in [3.05, 3.63) is 96.6 Å². The van der Waals surface area contributed by atoms with Crippen LogP contribution in [0.5, 0.6) is 11.6 Å². The maximum Gasteiger partial charge on any atom is 0.262 e. The van der Waals surface area contributed by atoms with Crippen LogP contribution >= 0.6 is 0 Å². The van der Waals surface area contributed by atoms with Crippen LogP contribution in [0, 0.1) is 0 Å². The Morgan fingerprint density at radius 2 is 1.83 bits per heavy atom. The molecule has 4 N–H and O–H groups in total. The molecule has 11 heteroatoms. The van der Waals surface area contributed by atoms with E-state index in [1.54, 1.807) is 54.7 Å². The molecule has 174 valence electrons. The summed E-state index contributed by atoms with van der Waals surface area (Å²) < 4.78 is 34.2. The first-order valence-corrected chi connectivity index (χ1v) is 11.8. The van der Waals surface area contributed by atoms with E-state index < -0.39 is 10.0 Å². The molecule has 0 aliphatic rings. The zero-order valence-corrected chi connectivity index (χ0v) is 18.9. The Bertz CT molecular complexity index is 1650. The number of ether oxygens (including phenoxy) is 1. The molecule has 0 aliphatic heterocycles. The van der Waals surface area contributed by atoms with Crippen LogP contribution in [-0.4, -0.2) is 34.1 Å². The van der Waals surface area contributed by atoms with Crippen LogP contribution in [0.1, 0.15) is 15.9 Å². The molecule has 0 radical (unpaired) electrons. The molecule has 0 spiro atoms. The van der Waals surface area contributed by atoms with E-state index in [0.29, 0.717) is 22.7 Å². The molecule has 35 heavy (non-hydrogen) atoms. The van der Waals surface area contributed by atoms with Gasteiger partial charge in [0.15, 0.2) is 5.78 Å². The molecule has 5 aromatic rings. The fraction of sp³-hybridized carbons (Fsp3) is 0. The van der Waals surface area contributed by atoms with Gasteiger partial charge < -0.3 is 15.5 Å². The van der Waals surface area contributed by atoms with E-state index in [1.807, 2.05) is 0 Å². The molecular formula is C24H18N6O4S. The molecule has 5 rings (SSSR count). The number of ketones is 1. The van der Waals surface area contributed by atoms with E-state index in [9.17, 15) is 13.2 Å². The molecule has 0 bridgehead atoms. The minimum absolute atomic E-state index is 0.00999. The molecule has 0 unspecified atom stereocenters. The van der Waals surface area contributed by atoms with Crippen LogP contribution in [0.4, 0.5) is 11.5 Å². The highest BCUT2D eigenvalue weighted by Gasteiger charge is 2.20. The lowest BCUT2D eigenvalue weighted by molar-refractivity contribution is 0.104. The number of hydrogen-bond acceptors (Lipinski definition) is 8. The summed E-state index contributed by atoms with van der Waals surface area (Å²) in [6, 6.07) is 17.4. The van der Waals surface area contributed by atoms with Crippen molar-refractivity contribution in [1.82, 2.24) is 19.9 Å². The molecule has 2 aromatic carbocycles. The lowest BCUT2D eigenvalue weighted by Gasteiger charge is -2.11. The van der Waals surface area contributed by atoms with Crippen LogP contribution in [-0.2, 0) is 10.0 Å². The van der Waals surface area contributed by atoms with Crippen molar-refractivity contribution >= 4 is 38.3 Å². The number of pyridine rings is 1. The summed E-state index contributed by atoms with van der Waals surface area (Å²) in [5.74, 6) is 0.466. The predicted octanol–water partition coefficient (Wildman–Crippen LogP) is 3.76. The molecule has 0 aliphatic carbocycles. The second-order valence-electron chi connectivity index (χ2n) is 7.45. The van der Waals surface area contributed by atoms with Crippen molar-refractivity contribution in [2.75, 3.05) is 10.5 Å². The number of H-pyrrole nitrogens is 1. The normalized spacial score (nSPS) is 11.3. The lowest BCUT2D eigenvalue weighted by Crippen LogP contribution is -2.13. The second kappa shape index (κ2) is 8.88. The van der Waals surface area contributed by atoms with Gasteiger partial charge in [0.05, 0.1) is 15.8 Å². The Morgan fingerprint density at radius 3 is 2.66 bits per heavy atom. The Kier molecular flexibility index (Phi) is 5.59. The van der Waals surface area contributed by atoms with Crippen molar-refractivity contribution in [3.63, 3.8) is 0 Å². The number of carbonyl (C=O) groups is 1. The van der Waals surface area contributed by atoms with E-state index in [4.69, 9.17) is 10.5 Å². The van der Waals surface area contributed by atoms with Gasteiger partial charge in [0, 0.05) is 35.8 Å². The van der Waals surface area contributed by atoms with Crippen molar-refractivity contribution in [2.45, 2.75) is 4.90 Å². The van der Waals surface area contributed by atoms with Crippen LogP contribution in [0.3, 0.4) is 0 Å². The molecule has 10 nitrogen and oxygen atoms in total. The minimum atomic E-state index is -3.97. The number of carbonyl (C=O) groups excluding carboxylic acids is 1. The number of nitrogens with one attached hydrogen (secondary N) is 2. The molecule has 0 atom stereocenters. The van der Waals surface area contributed by atoms with Gasteiger partial charge in [0.1, 0.15) is 23.5 Å². The number of aromatic nitrogens is 4. The molecule has 0 saturated heterocycles. The molecule has 3 heterocycles. The Labute approximate surface area is 199 Å². The van der Waals surface area contributed by atoms with Crippen LogP contribution in [0.25, 0.3) is 11.0 Å². The zero-order valence-electron chi connectivity index (χ0n) is 18.0. The number of sulfonamides is 1. The van der Waals surface area contributed by atoms with Gasteiger partial charge in [-0.15, -0.1) is 0 Å². The number of anilines is 2. The maximum atomic E-state index is 13.1. The molecule has 0 saturated carbocycles. The molecule has 3 aromatic heterocycles. The van der Waals surface area contributed by atoms with E-state index in [0.717, 1.165) is 0 Å². The smallest absolute Gasteiger partial charge is 0.262 e. The number of benzene rings is 2. The summed E-state index contributed by atoms with van der Waals surface area (Å²) in [7, 11) is -3.97. The van der Waals surface area contributed by atoms with Crippen LogP contribution < -0.4 is 15.2 Å². The van der Waals surface area contributed by atoms with Gasteiger partial charge in [-0.2, -0.15) is 0 Å². The maximum absolute atomic E-state index is 13.1. The lowest BCUT2D eigenvalue weighted by atomic mass is 10.0.